The molecule has 1 aromatic carbocycles. The summed E-state index contributed by atoms with van der Waals surface area (Å²) in [4.78, 5) is 31.9. The van der Waals surface area contributed by atoms with Crippen LogP contribution in [0.3, 0.4) is 0 Å². The quantitative estimate of drug-likeness (QED) is 0.662. The fourth-order valence-corrected chi connectivity index (χ4v) is 2.41. The molecule has 2 heterocycles. The van der Waals surface area contributed by atoms with Gasteiger partial charge >= 0.3 is 0 Å². The van der Waals surface area contributed by atoms with Crippen molar-refractivity contribution in [2.24, 2.45) is 0 Å². The first kappa shape index (κ1) is 16.1. The van der Waals surface area contributed by atoms with Gasteiger partial charge in [-0.1, -0.05) is 0 Å². The summed E-state index contributed by atoms with van der Waals surface area (Å²) in [6.07, 6.45) is 6.70. The number of amides is 1. The SMILES string of the molecule is O=C(NOC1CCCCO1)c1ccc(-n2ccnc2)c([N+](=O)[O-])c1. The Morgan fingerprint density at radius 2 is 2.33 bits per heavy atom. The highest BCUT2D eigenvalue weighted by atomic mass is 16.8. The van der Waals surface area contributed by atoms with Crippen molar-refractivity contribution in [2.45, 2.75) is 25.6 Å². The number of ether oxygens (including phenoxy) is 1. The zero-order valence-electron chi connectivity index (χ0n) is 12.8. The van der Waals surface area contributed by atoms with Gasteiger partial charge in [-0.05, 0) is 25.0 Å². The molecule has 3 rings (SSSR count). The Kier molecular flexibility index (Phi) is 4.82. The summed E-state index contributed by atoms with van der Waals surface area (Å²) in [5.74, 6) is -0.565. The summed E-state index contributed by atoms with van der Waals surface area (Å²) in [7, 11) is 0. The maximum atomic E-state index is 12.1. The summed E-state index contributed by atoms with van der Waals surface area (Å²) in [6.45, 7) is 0.589. The van der Waals surface area contributed by atoms with Crippen LogP contribution in [0.25, 0.3) is 5.69 Å². The molecule has 9 nitrogen and oxygen atoms in total. The van der Waals surface area contributed by atoms with Crippen molar-refractivity contribution in [3.05, 3.63) is 52.6 Å². The lowest BCUT2D eigenvalue weighted by molar-refractivity contribution is -0.384. The number of carbonyl (C=O) groups excluding carboxylic acids is 1. The van der Waals surface area contributed by atoms with Crippen LogP contribution in [0.15, 0.2) is 36.9 Å². The van der Waals surface area contributed by atoms with E-state index in [2.05, 4.69) is 10.5 Å². The molecule has 1 aliphatic rings. The Labute approximate surface area is 137 Å². The fraction of sp³-hybridized carbons (Fsp3) is 0.333. The second kappa shape index (κ2) is 7.20. The first-order valence-corrected chi connectivity index (χ1v) is 7.49. The number of nitro groups is 1. The molecule has 1 aliphatic heterocycles. The van der Waals surface area contributed by atoms with Gasteiger partial charge in [-0.25, -0.2) is 15.3 Å². The number of hydrogen-bond donors (Lipinski definition) is 1. The molecule has 2 aromatic rings. The zero-order valence-corrected chi connectivity index (χ0v) is 12.8. The van der Waals surface area contributed by atoms with Crippen molar-refractivity contribution in [2.75, 3.05) is 6.61 Å². The van der Waals surface area contributed by atoms with Crippen LogP contribution < -0.4 is 5.48 Å². The summed E-state index contributed by atoms with van der Waals surface area (Å²) in [6, 6.07) is 4.18. The molecule has 0 spiro atoms. The van der Waals surface area contributed by atoms with Gasteiger partial charge in [0.15, 0.2) is 6.29 Å². The smallest absolute Gasteiger partial charge is 0.294 e. The number of nitrogens with zero attached hydrogens (tertiary/aromatic N) is 3. The maximum absolute atomic E-state index is 12.1. The van der Waals surface area contributed by atoms with E-state index >= 15 is 0 Å². The molecule has 1 atom stereocenters. The van der Waals surface area contributed by atoms with Crippen molar-refractivity contribution >= 4 is 11.6 Å². The first-order chi connectivity index (χ1) is 11.6. The molecule has 0 bridgehead atoms. The highest BCUT2D eigenvalue weighted by molar-refractivity contribution is 5.94. The number of nitrogens with one attached hydrogen (secondary N) is 1. The fourth-order valence-electron chi connectivity index (χ4n) is 2.41. The minimum atomic E-state index is -0.565. The molecule has 0 aliphatic carbocycles. The second-order valence-corrected chi connectivity index (χ2v) is 5.28. The molecule has 24 heavy (non-hydrogen) atoms. The minimum Gasteiger partial charge on any atom is -0.350 e. The lowest BCUT2D eigenvalue weighted by Gasteiger charge is -2.22. The van der Waals surface area contributed by atoms with Gasteiger partial charge < -0.3 is 9.30 Å². The van der Waals surface area contributed by atoms with Crippen molar-refractivity contribution in [3.63, 3.8) is 0 Å². The lowest BCUT2D eigenvalue weighted by atomic mass is 10.1. The van der Waals surface area contributed by atoms with Gasteiger partial charge in [-0.3, -0.25) is 14.9 Å². The number of hydrogen-bond acceptors (Lipinski definition) is 6. The monoisotopic (exact) mass is 332 g/mol. The second-order valence-electron chi connectivity index (χ2n) is 5.28. The van der Waals surface area contributed by atoms with Crippen LogP contribution in [0.4, 0.5) is 5.69 Å². The maximum Gasteiger partial charge on any atom is 0.294 e. The van der Waals surface area contributed by atoms with E-state index in [4.69, 9.17) is 9.57 Å². The van der Waals surface area contributed by atoms with E-state index in [1.165, 1.54) is 35.3 Å². The summed E-state index contributed by atoms with van der Waals surface area (Å²) in [5, 5.41) is 11.3. The highest BCUT2D eigenvalue weighted by Gasteiger charge is 2.20. The molecule has 1 aromatic heterocycles. The molecule has 0 saturated carbocycles. The van der Waals surface area contributed by atoms with Crippen LogP contribution in [0.5, 0.6) is 0 Å². The number of imidazole rings is 1. The van der Waals surface area contributed by atoms with E-state index < -0.39 is 17.1 Å². The van der Waals surface area contributed by atoms with Crippen LogP contribution in [0.2, 0.25) is 0 Å². The number of benzene rings is 1. The third-order valence-electron chi connectivity index (χ3n) is 3.64. The normalized spacial score (nSPS) is 17.4. The molecule has 1 unspecified atom stereocenters. The molecule has 126 valence electrons. The van der Waals surface area contributed by atoms with E-state index in [1.807, 2.05) is 0 Å². The van der Waals surface area contributed by atoms with Crippen molar-refractivity contribution < 1.29 is 19.3 Å². The average molecular weight is 332 g/mol. The summed E-state index contributed by atoms with van der Waals surface area (Å²) < 4.78 is 6.84. The van der Waals surface area contributed by atoms with Gasteiger partial charge in [0.05, 0.1) is 11.3 Å². The van der Waals surface area contributed by atoms with Crippen molar-refractivity contribution in [1.29, 1.82) is 0 Å². The molecule has 1 N–H and O–H groups in total. The zero-order chi connectivity index (χ0) is 16.9. The first-order valence-electron chi connectivity index (χ1n) is 7.49. The van der Waals surface area contributed by atoms with E-state index in [1.54, 1.807) is 6.20 Å². The lowest BCUT2D eigenvalue weighted by Crippen LogP contribution is -2.33. The molecular formula is C15H16N4O5. The summed E-state index contributed by atoms with van der Waals surface area (Å²) in [5.41, 5.74) is 2.53. The number of carbonyl (C=O) groups is 1. The molecule has 0 radical (unpaired) electrons. The number of aromatic nitrogens is 2. The van der Waals surface area contributed by atoms with Gasteiger partial charge in [0.1, 0.15) is 5.69 Å². The van der Waals surface area contributed by atoms with E-state index in [0.29, 0.717) is 18.7 Å². The number of hydroxylamine groups is 1. The van der Waals surface area contributed by atoms with Gasteiger partial charge in [-0.2, -0.15) is 0 Å². The van der Waals surface area contributed by atoms with E-state index in [-0.39, 0.29) is 11.3 Å². The minimum absolute atomic E-state index is 0.126. The average Bonchev–Trinajstić information content (AvgIpc) is 3.14. The molecule has 9 heteroatoms. The standard InChI is InChI=1S/C15H16N4O5/c20-15(17-24-14-3-1-2-8-23-14)11-4-5-12(13(9-11)19(21)22)18-7-6-16-10-18/h4-7,9-10,14H,1-3,8H2,(H,17,20). The van der Waals surface area contributed by atoms with Gasteiger partial charge in [0.25, 0.3) is 11.6 Å². The Balaban J connectivity index is 1.74. The largest absolute Gasteiger partial charge is 0.350 e. The van der Waals surface area contributed by atoms with Gasteiger partial charge in [-0.15, -0.1) is 0 Å². The molecular weight excluding hydrogens is 316 g/mol. The Bertz CT molecular complexity index is 725. The summed E-state index contributed by atoms with van der Waals surface area (Å²) >= 11 is 0. The molecule has 1 fully saturated rings. The number of rotatable bonds is 5. The molecule has 1 amide bonds. The Hall–Kier alpha value is -2.78. The third kappa shape index (κ3) is 3.58. The van der Waals surface area contributed by atoms with Crippen LogP contribution in [-0.4, -0.2) is 33.3 Å². The Morgan fingerprint density at radius 3 is 3.00 bits per heavy atom. The van der Waals surface area contributed by atoms with Crippen LogP contribution in [0, 0.1) is 10.1 Å². The predicted molar refractivity (Wildman–Crippen MR) is 82.4 cm³/mol. The van der Waals surface area contributed by atoms with Gasteiger partial charge in [0.2, 0.25) is 0 Å². The highest BCUT2D eigenvalue weighted by Crippen LogP contribution is 2.24. The van der Waals surface area contributed by atoms with Crippen LogP contribution in [0.1, 0.15) is 29.6 Å². The van der Waals surface area contributed by atoms with Crippen LogP contribution in [-0.2, 0) is 9.57 Å². The van der Waals surface area contributed by atoms with E-state index in [0.717, 1.165) is 12.8 Å². The van der Waals surface area contributed by atoms with Crippen LogP contribution >= 0.6 is 0 Å². The topological polar surface area (TPSA) is 109 Å². The predicted octanol–water partition coefficient (Wildman–Crippen LogP) is 1.97. The molecule has 1 saturated heterocycles. The third-order valence-corrected chi connectivity index (χ3v) is 3.64. The van der Waals surface area contributed by atoms with Crippen molar-refractivity contribution in [3.8, 4) is 5.69 Å². The van der Waals surface area contributed by atoms with E-state index in [9.17, 15) is 14.9 Å². The Morgan fingerprint density at radius 1 is 1.46 bits per heavy atom. The van der Waals surface area contributed by atoms with Crippen molar-refractivity contribution in [1.82, 2.24) is 15.0 Å². The number of nitro benzene ring substituents is 1. The van der Waals surface area contributed by atoms with Gasteiger partial charge in [0, 0.05) is 37.1 Å².